The number of aryl methyl sites for hydroxylation is 1. The molecule has 0 fully saturated rings. The van der Waals surface area contributed by atoms with E-state index in [0.29, 0.717) is 5.75 Å². The van der Waals surface area contributed by atoms with E-state index in [9.17, 15) is 9.59 Å². The highest BCUT2D eigenvalue weighted by Crippen LogP contribution is 2.16. The molecule has 0 aliphatic heterocycles. The normalized spacial score (nSPS) is 11.5. The van der Waals surface area contributed by atoms with E-state index < -0.39 is 12.1 Å². The van der Waals surface area contributed by atoms with Gasteiger partial charge in [-0.1, -0.05) is 18.2 Å². The molecule has 2 aromatic carbocycles. The monoisotopic (exact) mass is 299 g/mol. The quantitative estimate of drug-likeness (QED) is 0.889. The predicted octanol–water partition coefficient (Wildman–Crippen LogP) is 3.10. The molecule has 2 N–H and O–H groups in total. The Morgan fingerprint density at radius 2 is 1.73 bits per heavy atom. The van der Waals surface area contributed by atoms with Crippen LogP contribution >= 0.6 is 0 Å². The fraction of sp³-hybridized carbons (Fsp3) is 0.176. The van der Waals surface area contributed by atoms with E-state index in [-0.39, 0.29) is 11.5 Å². The third-order valence-electron chi connectivity index (χ3n) is 3.19. The van der Waals surface area contributed by atoms with Gasteiger partial charge in [0.15, 0.2) is 6.10 Å². The standard InChI is InChI=1S/C17H17NO4/c1-11-5-3-4-6-15(11)18-16(19)12(2)22-14-9-7-13(8-10-14)17(20)21/h3-10,12H,1-2H3,(H,18,19)(H,20,21). The highest BCUT2D eigenvalue weighted by molar-refractivity contribution is 5.94. The fourth-order valence-electron chi connectivity index (χ4n) is 1.88. The van der Waals surface area contributed by atoms with Crippen LogP contribution in [0.25, 0.3) is 0 Å². The van der Waals surface area contributed by atoms with Gasteiger partial charge in [-0.15, -0.1) is 0 Å². The SMILES string of the molecule is Cc1ccccc1NC(=O)C(C)Oc1ccc(C(=O)O)cc1. The summed E-state index contributed by atoms with van der Waals surface area (Å²) in [5.41, 5.74) is 1.88. The number of rotatable bonds is 5. The molecule has 0 saturated heterocycles. The van der Waals surface area contributed by atoms with Crippen molar-refractivity contribution in [1.29, 1.82) is 0 Å². The third-order valence-corrected chi connectivity index (χ3v) is 3.19. The van der Waals surface area contributed by atoms with Crippen LogP contribution in [0.1, 0.15) is 22.8 Å². The van der Waals surface area contributed by atoms with E-state index in [0.717, 1.165) is 11.3 Å². The number of benzene rings is 2. The molecule has 1 unspecified atom stereocenters. The van der Waals surface area contributed by atoms with Gasteiger partial charge in [0.25, 0.3) is 5.91 Å². The molecule has 0 aliphatic rings. The molecule has 0 radical (unpaired) electrons. The zero-order chi connectivity index (χ0) is 16.1. The molecule has 0 heterocycles. The summed E-state index contributed by atoms with van der Waals surface area (Å²) in [7, 11) is 0. The topological polar surface area (TPSA) is 75.6 Å². The van der Waals surface area contributed by atoms with E-state index in [1.807, 2.05) is 31.2 Å². The van der Waals surface area contributed by atoms with Crippen molar-refractivity contribution in [2.75, 3.05) is 5.32 Å². The van der Waals surface area contributed by atoms with Crippen molar-refractivity contribution < 1.29 is 19.4 Å². The van der Waals surface area contributed by atoms with Gasteiger partial charge in [-0.25, -0.2) is 4.79 Å². The molecule has 2 aromatic rings. The highest BCUT2D eigenvalue weighted by Gasteiger charge is 2.15. The largest absolute Gasteiger partial charge is 0.481 e. The summed E-state index contributed by atoms with van der Waals surface area (Å²) >= 11 is 0. The Morgan fingerprint density at radius 1 is 1.09 bits per heavy atom. The fourth-order valence-corrected chi connectivity index (χ4v) is 1.88. The van der Waals surface area contributed by atoms with Crippen LogP contribution in [0.5, 0.6) is 5.75 Å². The summed E-state index contributed by atoms with van der Waals surface area (Å²) in [6, 6.07) is 13.4. The lowest BCUT2D eigenvalue weighted by molar-refractivity contribution is -0.122. The lowest BCUT2D eigenvalue weighted by Gasteiger charge is -2.15. The first kappa shape index (κ1) is 15.6. The average molecular weight is 299 g/mol. The Kier molecular flexibility index (Phi) is 4.78. The smallest absolute Gasteiger partial charge is 0.335 e. The molecule has 0 saturated carbocycles. The second-order valence-corrected chi connectivity index (χ2v) is 4.89. The van der Waals surface area contributed by atoms with Crippen molar-refractivity contribution in [1.82, 2.24) is 0 Å². The predicted molar refractivity (Wildman–Crippen MR) is 83.3 cm³/mol. The first-order chi connectivity index (χ1) is 10.5. The van der Waals surface area contributed by atoms with Crippen LogP contribution in [0.2, 0.25) is 0 Å². The lowest BCUT2D eigenvalue weighted by Crippen LogP contribution is -2.30. The zero-order valence-electron chi connectivity index (χ0n) is 12.4. The molecule has 0 bridgehead atoms. The Labute approximate surface area is 128 Å². The zero-order valence-corrected chi connectivity index (χ0v) is 12.4. The number of anilines is 1. The molecule has 0 spiro atoms. The first-order valence-corrected chi connectivity index (χ1v) is 6.84. The summed E-state index contributed by atoms with van der Waals surface area (Å²) in [5, 5.41) is 11.6. The minimum atomic E-state index is -1.00. The van der Waals surface area contributed by atoms with Crippen LogP contribution in [0.3, 0.4) is 0 Å². The maximum absolute atomic E-state index is 12.1. The minimum absolute atomic E-state index is 0.171. The maximum Gasteiger partial charge on any atom is 0.335 e. The molecule has 1 atom stereocenters. The van der Waals surface area contributed by atoms with Crippen LogP contribution in [-0.4, -0.2) is 23.1 Å². The summed E-state index contributed by atoms with van der Waals surface area (Å²) < 4.78 is 5.52. The molecule has 5 heteroatoms. The van der Waals surface area contributed by atoms with Crippen molar-refractivity contribution in [3.63, 3.8) is 0 Å². The van der Waals surface area contributed by atoms with Crippen molar-refractivity contribution >= 4 is 17.6 Å². The van der Waals surface area contributed by atoms with Crippen molar-refractivity contribution in [2.24, 2.45) is 0 Å². The number of hydrogen-bond acceptors (Lipinski definition) is 3. The lowest BCUT2D eigenvalue weighted by atomic mass is 10.2. The van der Waals surface area contributed by atoms with Gasteiger partial charge >= 0.3 is 5.97 Å². The Hall–Kier alpha value is -2.82. The van der Waals surface area contributed by atoms with Gasteiger partial charge in [0.05, 0.1) is 5.56 Å². The number of amides is 1. The molecule has 114 valence electrons. The number of aromatic carboxylic acids is 1. The van der Waals surface area contributed by atoms with E-state index in [4.69, 9.17) is 9.84 Å². The van der Waals surface area contributed by atoms with E-state index in [2.05, 4.69) is 5.32 Å². The van der Waals surface area contributed by atoms with Crippen LogP contribution in [0.4, 0.5) is 5.69 Å². The molecular formula is C17H17NO4. The highest BCUT2D eigenvalue weighted by atomic mass is 16.5. The number of carbonyl (C=O) groups is 2. The first-order valence-electron chi connectivity index (χ1n) is 6.84. The summed E-state index contributed by atoms with van der Waals surface area (Å²) in [4.78, 5) is 22.9. The molecule has 1 amide bonds. The summed E-state index contributed by atoms with van der Waals surface area (Å²) in [5.74, 6) is -0.828. The van der Waals surface area contributed by atoms with Gasteiger partial charge in [-0.2, -0.15) is 0 Å². The molecule has 2 rings (SSSR count). The number of nitrogens with one attached hydrogen (secondary N) is 1. The van der Waals surface area contributed by atoms with Gasteiger partial charge in [-0.05, 0) is 49.7 Å². The van der Waals surface area contributed by atoms with Crippen LogP contribution in [0.15, 0.2) is 48.5 Å². The Balaban J connectivity index is 1.99. The maximum atomic E-state index is 12.1. The number of carbonyl (C=O) groups excluding carboxylic acids is 1. The number of carboxylic acid groups (broad SMARTS) is 1. The van der Waals surface area contributed by atoms with Gasteiger partial charge < -0.3 is 15.2 Å². The second-order valence-electron chi connectivity index (χ2n) is 4.89. The average Bonchev–Trinajstić information content (AvgIpc) is 2.50. The molecule has 0 aromatic heterocycles. The van der Waals surface area contributed by atoms with Gasteiger partial charge in [0, 0.05) is 5.69 Å². The van der Waals surface area contributed by atoms with Crippen molar-refractivity contribution in [3.8, 4) is 5.75 Å². The molecule has 22 heavy (non-hydrogen) atoms. The molecule has 0 aliphatic carbocycles. The van der Waals surface area contributed by atoms with Crippen LogP contribution in [-0.2, 0) is 4.79 Å². The van der Waals surface area contributed by atoms with Crippen LogP contribution in [0, 0.1) is 6.92 Å². The molecular weight excluding hydrogens is 282 g/mol. The van der Waals surface area contributed by atoms with Gasteiger partial charge in [-0.3, -0.25) is 4.79 Å². The summed E-state index contributed by atoms with van der Waals surface area (Å²) in [6.45, 7) is 3.55. The van der Waals surface area contributed by atoms with Gasteiger partial charge in [0.1, 0.15) is 5.75 Å². The van der Waals surface area contributed by atoms with Crippen molar-refractivity contribution in [3.05, 3.63) is 59.7 Å². The Morgan fingerprint density at radius 3 is 2.32 bits per heavy atom. The van der Waals surface area contributed by atoms with Gasteiger partial charge in [0.2, 0.25) is 0 Å². The number of hydrogen-bond donors (Lipinski definition) is 2. The number of para-hydroxylation sites is 1. The second kappa shape index (κ2) is 6.76. The van der Waals surface area contributed by atoms with E-state index in [1.165, 1.54) is 24.3 Å². The Bertz CT molecular complexity index is 679. The third kappa shape index (κ3) is 3.85. The van der Waals surface area contributed by atoms with E-state index in [1.54, 1.807) is 6.92 Å². The molecule has 5 nitrogen and oxygen atoms in total. The number of ether oxygens (including phenoxy) is 1. The minimum Gasteiger partial charge on any atom is -0.481 e. The number of carboxylic acids is 1. The van der Waals surface area contributed by atoms with E-state index >= 15 is 0 Å². The van der Waals surface area contributed by atoms with Crippen molar-refractivity contribution in [2.45, 2.75) is 20.0 Å². The van der Waals surface area contributed by atoms with Crippen LogP contribution < -0.4 is 10.1 Å². The summed E-state index contributed by atoms with van der Waals surface area (Å²) in [6.07, 6.45) is -0.699.